The van der Waals surface area contributed by atoms with Crippen molar-refractivity contribution in [3.05, 3.63) is 11.6 Å². The zero-order valence-electron chi connectivity index (χ0n) is 25.0. The van der Waals surface area contributed by atoms with Gasteiger partial charge in [0, 0.05) is 25.2 Å². The molecule has 0 amide bonds. The molecule has 0 aromatic carbocycles. The molecule has 226 valence electrons. The van der Waals surface area contributed by atoms with E-state index < -0.39 is 69.7 Å². The molecule has 0 aliphatic heterocycles. The maximum atomic E-state index is 13.5. The average molecular weight is 565 g/mol. The van der Waals surface area contributed by atoms with Crippen molar-refractivity contribution in [2.45, 2.75) is 135 Å². The molecule has 9 heteroatoms. The van der Waals surface area contributed by atoms with Crippen molar-refractivity contribution in [2.24, 2.45) is 28.6 Å². The first kappa shape index (κ1) is 31.1. The monoisotopic (exact) mass is 564 g/mol. The van der Waals surface area contributed by atoms with Gasteiger partial charge in [-0.05, 0) is 101 Å². The normalized spacial score (nSPS) is 41.5. The lowest BCUT2D eigenvalue weighted by Gasteiger charge is -2.61. The van der Waals surface area contributed by atoms with Crippen LogP contribution < -0.4 is 0 Å². The second kappa shape index (κ2) is 10.2. The van der Waals surface area contributed by atoms with Gasteiger partial charge >= 0.3 is 11.9 Å². The van der Waals surface area contributed by atoms with Crippen LogP contribution in [0.4, 0.5) is 0 Å². The number of ketones is 1. The lowest BCUT2D eigenvalue weighted by atomic mass is 9.45. The van der Waals surface area contributed by atoms with Crippen LogP contribution in [0.2, 0.25) is 0 Å². The van der Waals surface area contributed by atoms with Crippen LogP contribution >= 0.6 is 0 Å². The summed E-state index contributed by atoms with van der Waals surface area (Å²) in [5, 5.41) is 45.5. The summed E-state index contributed by atoms with van der Waals surface area (Å²) in [4.78, 5) is 37.3. The van der Waals surface area contributed by atoms with E-state index in [0.29, 0.717) is 44.1 Å². The van der Waals surface area contributed by atoms with Crippen molar-refractivity contribution in [1.29, 1.82) is 0 Å². The molecule has 0 bridgehead atoms. The molecule has 40 heavy (non-hydrogen) atoms. The smallest absolute Gasteiger partial charge is 0.303 e. The van der Waals surface area contributed by atoms with E-state index in [4.69, 9.17) is 9.47 Å². The minimum absolute atomic E-state index is 0.134. The summed E-state index contributed by atoms with van der Waals surface area (Å²) in [6.45, 7) is 11.6. The van der Waals surface area contributed by atoms with Crippen LogP contribution in [0.25, 0.3) is 0 Å². The second-order valence-electron chi connectivity index (χ2n) is 14.4. The average Bonchev–Trinajstić information content (AvgIpc) is 3.09. The molecule has 3 saturated carbocycles. The van der Waals surface area contributed by atoms with E-state index in [-0.39, 0.29) is 24.5 Å². The molecule has 0 unspecified atom stereocenters. The van der Waals surface area contributed by atoms with Crippen molar-refractivity contribution in [3.8, 4) is 0 Å². The molecule has 3 fully saturated rings. The number of hydrogen-bond donors (Lipinski definition) is 4. The SMILES string of the molecule is CC(=O)O[C@H]1C[C@@]2(C)[C@@H](C[C@H]1O)C(=O)C=C1[C@@H]2CC[C@]2(C)[C@@H]([C@@](C)(O)[C@@H](CCC(C)(C)O)OC(C)=O)CC[C@@]12O. The predicted octanol–water partition coefficient (Wildman–Crippen LogP) is 3.00. The van der Waals surface area contributed by atoms with E-state index in [2.05, 4.69) is 0 Å². The molecule has 0 heterocycles. The molecule has 9 nitrogen and oxygen atoms in total. The summed E-state index contributed by atoms with van der Waals surface area (Å²) < 4.78 is 11.1. The van der Waals surface area contributed by atoms with Crippen molar-refractivity contribution < 1.29 is 44.3 Å². The number of esters is 2. The summed E-state index contributed by atoms with van der Waals surface area (Å²) in [6, 6.07) is 0. The van der Waals surface area contributed by atoms with Gasteiger partial charge in [-0.15, -0.1) is 0 Å². The van der Waals surface area contributed by atoms with Crippen LogP contribution in [-0.2, 0) is 23.9 Å². The minimum Gasteiger partial charge on any atom is -0.460 e. The highest BCUT2D eigenvalue weighted by atomic mass is 16.6. The van der Waals surface area contributed by atoms with Gasteiger partial charge in [0.05, 0.1) is 17.3 Å². The van der Waals surface area contributed by atoms with E-state index in [1.165, 1.54) is 13.8 Å². The van der Waals surface area contributed by atoms with Crippen molar-refractivity contribution >= 4 is 17.7 Å². The molecule has 0 aromatic heterocycles. The fraction of sp³-hybridized carbons (Fsp3) is 0.839. The summed E-state index contributed by atoms with van der Waals surface area (Å²) in [7, 11) is 0. The Hall–Kier alpha value is -1.81. The maximum Gasteiger partial charge on any atom is 0.303 e. The van der Waals surface area contributed by atoms with Crippen LogP contribution in [0.5, 0.6) is 0 Å². The zero-order valence-corrected chi connectivity index (χ0v) is 25.0. The van der Waals surface area contributed by atoms with Gasteiger partial charge in [0.15, 0.2) is 5.78 Å². The quantitative estimate of drug-likeness (QED) is 0.342. The maximum absolute atomic E-state index is 13.5. The summed E-state index contributed by atoms with van der Waals surface area (Å²) >= 11 is 0. The largest absolute Gasteiger partial charge is 0.460 e. The Kier molecular flexibility index (Phi) is 7.92. The summed E-state index contributed by atoms with van der Waals surface area (Å²) in [5.41, 5.74) is -4.61. The zero-order chi connectivity index (χ0) is 30.1. The van der Waals surface area contributed by atoms with E-state index in [1.807, 2.05) is 13.8 Å². The molecule has 10 atom stereocenters. The van der Waals surface area contributed by atoms with Gasteiger partial charge in [-0.2, -0.15) is 0 Å². The molecule has 0 aromatic rings. The standard InChI is InChI=1S/C31H48O9/c1-17(32)39-24-16-28(5)19-8-12-29(6)25(30(7,37)26(40-18(2)33)10-11-27(3,4)36)9-13-31(29,38)20(19)14-22(34)21(28)15-23(24)35/h14,19,21,23-26,35-38H,8-13,15-16H2,1-7H3/t19-,21-,23+,24-,25-,26+,28+,29+,30+,31+/m0/s1. The lowest BCUT2D eigenvalue weighted by Crippen LogP contribution is -2.63. The van der Waals surface area contributed by atoms with Gasteiger partial charge in [-0.1, -0.05) is 13.8 Å². The fourth-order valence-electron chi connectivity index (χ4n) is 9.00. The molecule has 0 spiro atoms. The third-order valence-corrected chi connectivity index (χ3v) is 11.1. The molecule has 4 rings (SSSR count). The summed E-state index contributed by atoms with van der Waals surface area (Å²) in [5.74, 6) is -2.17. The fourth-order valence-corrected chi connectivity index (χ4v) is 9.00. The van der Waals surface area contributed by atoms with E-state index in [1.54, 1.807) is 26.8 Å². The van der Waals surface area contributed by atoms with Gasteiger partial charge in [0.25, 0.3) is 0 Å². The Morgan fingerprint density at radius 2 is 1.73 bits per heavy atom. The summed E-state index contributed by atoms with van der Waals surface area (Å²) in [6.07, 6.45) is 2.19. The molecular weight excluding hydrogens is 516 g/mol. The van der Waals surface area contributed by atoms with Crippen LogP contribution in [0, 0.1) is 28.6 Å². The number of rotatable bonds is 7. The van der Waals surface area contributed by atoms with Crippen LogP contribution in [0.1, 0.15) is 99.8 Å². The van der Waals surface area contributed by atoms with E-state index >= 15 is 0 Å². The van der Waals surface area contributed by atoms with Crippen LogP contribution in [0.3, 0.4) is 0 Å². The van der Waals surface area contributed by atoms with Crippen molar-refractivity contribution in [3.63, 3.8) is 0 Å². The second-order valence-corrected chi connectivity index (χ2v) is 14.4. The van der Waals surface area contributed by atoms with Gasteiger partial charge in [-0.3, -0.25) is 14.4 Å². The van der Waals surface area contributed by atoms with Gasteiger partial charge < -0.3 is 29.9 Å². The first-order valence-electron chi connectivity index (χ1n) is 14.7. The van der Waals surface area contributed by atoms with E-state index in [0.717, 1.165) is 0 Å². The first-order chi connectivity index (χ1) is 18.3. The Morgan fingerprint density at radius 3 is 2.30 bits per heavy atom. The molecule has 4 aliphatic carbocycles. The minimum atomic E-state index is -1.50. The number of fused-ring (bicyclic) bond motifs is 5. The van der Waals surface area contributed by atoms with Crippen LogP contribution in [-0.4, -0.2) is 73.3 Å². The Labute approximate surface area is 237 Å². The molecule has 0 radical (unpaired) electrons. The number of aliphatic hydroxyl groups is 4. The number of carbonyl (C=O) groups excluding carboxylic acids is 3. The van der Waals surface area contributed by atoms with Gasteiger partial charge in [-0.25, -0.2) is 0 Å². The molecular formula is C31H48O9. The first-order valence-corrected chi connectivity index (χ1v) is 14.7. The highest BCUT2D eigenvalue weighted by Gasteiger charge is 2.69. The van der Waals surface area contributed by atoms with Crippen molar-refractivity contribution in [2.75, 3.05) is 0 Å². The Bertz CT molecular complexity index is 1070. The third kappa shape index (κ3) is 5.05. The third-order valence-electron chi connectivity index (χ3n) is 11.1. The number of hydrogen-bond acceptors (Lipinski definition) is 9. The Balaban J connectivity index is 1.69. The highest BCUT2D eigenvalue weighted by molar-refractivity contribution is 5.95. The predicted molar refractivity (Wildman–Crippen MR) is 146 cm³/mol. The molecule has 0 saturated heterocycles. The van der Waals surface area contributed by atoms with Crippen molar-refractivity contribution in [1.82, 2.24) is 0 Å². The van der Waals surface area contributed by atoms with E-state index in [9.17, 15) is 34.8 Å². The number of aliphatic hydroxyl groups excluding tert-OH is 1. The lowest BCUT2D eigenvalue weighted by molar-refractivity contribution is -0.194. The number of ether oxygens (including phenoxy) is 2. The molecule has 4 N–H and O–H groups in total. The van der Waals surface area contributed by atoms with Gasteiger partial charge in [0.1, 0.15) is 17.8 Å². The Morgan fingerprint density at radius 1 is 1.07 bits per heavy atom. The van der Waals surface area contributed by atoms with Gasteiger partial charge in [0.2, 0.25) is 0 Å². The number of allylic oxidation sites excluding steroid dienone is 1. The highest BCUT2D eigenvalue weighted by Crippen LogP contribution is 2.68. The molecule has 4 aliphatic rings. The van der Waals surface area contributed by atoms with Crippen LogP contribution in [0.15, 0.2) is 11.6 Å². The topological polar surface area (TPSA) is 151 Å². The number of carbonyl (C=O) groups is 3.